The van der Waals surface area contributed by atoms with E-state index in [1.165, 1.54) is 6.67 Å². The molecular formula is C9H24N2+2. The van der Waals surface area contributed by atoms with E-state index in [0.717, 1.165) is 8.97 Å². The predicted octanol–water partition coefficient (Wildman–Crippen LogP) is 1.16. The Kier molecular flexibility index (Phi) is 5.45. The van der Waals surface area contributed by atoms with Gasteiger partial charge >= 0.3 is 0 Å². The quantitative estimate of drug-likeness (QED) is 0.323. The summed E-state index contributed by atoms with van der Waals surface area (Å²) in [5.74, 6) is 0. The average molecular weight is 160 g/mol. The fourth-order valence-corrected chi connectivity index (χ4v) is 1.27. The Hall–Kier alpha value is -0.340. The van der Waals surface area contributed by atoms with Crippen LogP contribution in [-0.2, 0) is 0 Å². The maximum Gasteiger partial charge on any atom is 0.206 e. The fourth-order valence-electron chi connectivity index (χ4n) is 1.27. The first-order valence-electron chi connectivity index (χ1n) is 3.82. The van der Waals surface area contributed by atoms with E-state index < -0.39 is 0 Å². The number of quaternary nitrogens is 2. The minimum Gasteiger partial charge on any atom is -0.284 e. The molecule has 0 fully saturated rings. The van der Waals surface area contributed by atoms with Gasteiger partial charge in [0.2, 0.25) is 6.67 Å². The van der Waals surface area contributed by atoms with Crippen LogP contribution in [0.25, 0.3) is 0 Å². The van der Waals surface area contributed by atoms with Gasteiger partial charge in [0.1, 0.15) is 0 Å². The SMILES string of the molecule is C=C.C[N+](C)(C)C[N+](C)(C)C. The van der Waals surface area contributed by atoms with Crippen molar-refractivity contribution in [1.82, 2.24) is 0 Å². The number of rotatable bonds is 2. The highest BCUT2D eigenvalue weighted by molar-refractivity contribution is 4.22. The molecule has 0 amide bonds. The van der Waals surface area contributed by atoms with Crippen molar-refractivity contribution in [3.05, 3.63) is 13.2 Å². The molecule has 0 aliphatic carbocycles. The molecule has 0 aromatic heterocycles. The summed E-state index contributed by atoms with van der Waals surface area (Å²) in [6.45, 7) is 7.17. The van der Waals surface area contributed by atoms with E-state index in [-0.39, 0.29) is 0 Å². The van der Waals surface area contributed by atoms with Gasteiger partial charge in [0.15, 0.2) is 0 Å². The van der Waals surface area contributed by atoms with Crippen LogP contribution in [0.15, 0.2) is 13.2 Å². The summed E-state index contributed by atoms with van der Waals surface area (Å²) in [4.78, 5) is 0. The summed E-state index contributed by atoms with van der Waals surface area (Å²) in [6.07, 6.45) is 0. The van der Waals surface area contributed by atoms with Crippen LogP contribution in [0.3, 0.4) is 0 Å². The van der Waals surface area contributed by atoms with Gasteiger partial charge in [-0.3, -0.25) is 8.97 Å². The van der Waals surface area contributed by atoms with E-state index in [4.69, 9.17) is 0 Å². The summed E-state index contributed by atoms with van der Waals surface area (Å²) < 4.78 is 2.06. The largest absolute Gasteiger partial charge is 0.284 e. The molecule has 11 heavy (non-hydrogen) atoms. The second-order valence-electron chi connectivity index (χ2n) is 4.72. The lowest BCUT2D eigenvalue weighted by atomic mass is 10.6. The smallest absolute Gasteiger partial charge is 0.206 e. The Labute approximate surface area is 71.9 Å². The van der Waals surface area contributed by atoms with Gasteiger partial charge in [-0.2, -0.15) is 0 Å². The lowest BCUT2D eigenvalue weighted by Gasteiger charge is -2.32. The summed E-state index contributed by atoms with van der Waals surface area (Å²) in [5, 5.41) is 0. The van der Waals surface area contributed by atoms with Gasteiger partial charge in [-0.25, -0.2) is 0 Å². The van der Waals surface area contributed by atoms with Crippen LogP contribution in [0.5, 0.6) is 0 Å². The van der Waals surface area contributed by atoms with Crippen molar-refractivity contribution in [2.24, 2.45) is 0 Å². The van der Waals surface area contributed by atoms with E-state index in [1.54, 1.807) is 0 Å². The van der Waals surface area contributed by atoms with E-state index in [9.17, 15) is 0 Å². The summed E-state index contributed by atoms with van der Waals surface area (Å²) in [6, 6.07) is 0. The molecule has 0 unspecified atom stereocenters. The first-order chi connectivity index (χ1) is 4.71. The van der Waals surface area contributed by atoms with Crippen LogP contribution in [-0.4, -0.2) is 57.9 Å². The molecular weight excluding hydrogens is 136 g/mol. The normalized spacial score (nSPS) is 11.8. The Morgan fingerprint density at radius 3 is 0.909 bits per heavy atom. The Balaban J connectivity index is 0. The summed E-state index contributed by atoms with van der Waals surface area (Å²) >= 11 is 0. The standard InChI is InChI=1S/C7H20N2.C2H4/c1-8(2,3)7-9(4,5)6;1-2/h7H2,1-6H3;1-2H2/q+2;. The van der Waals surface area contributed by atoms with Crippen LogP contribution in [0.1, 0.15) is 0 Å². The van der Waals surface area contributed by atoms with Gasteiger partial charge in [0.05, 0.1) is 42.3 Å². The predicted molar refractivity (Wildman–Crippen MR) is 52.2 cm³/mol. The van der Waals surface area contributed by atoms with Crippen LogP contribution < -0.4 is 0 Å². The van der Waals surface area contributed by atoms with Crippen molar-refractivity contribution < 1.29 is 8.97 Å². The molecule has 0 N–H and O–H groups in total. The molecule has 0 heterocycles. The van der Waals surface area contributed by atoms with Gasteiger partial charge in [-0.1, -0.05) is 0 Å². The molecule has 2 heteroatoms. The average Bonchev–Trinajstić information content (AvgIpc) is 1.60. The maximum atomic E-state index is 3.00. The van der Waals surface area contributed by atoms with Crippen molar-refractivity contribution in [1.29, 1.82) is 0 Å². The molecule has 0 aliphatic heterocycles. The molecule has 2 nitrogen and oxygen atoms in total. The molecule has 0 aromatic rings. The molecule has 0 atom stereocenters. The zero-order chi connectivity index (χ0) is 9.71. The van der Waals surface area contributed by atoms with Gasteiger partial charge in [-0.15, -0.1) is 13.2 Å². The van der Waals surface area contributed by atoms with Gasteiger partial charge in [-0.05, 0) is 0 Å². The lowest BCUT2D eigenvalue weighted by Crippen LogP contribution is -2.51. The molecule has 0 rings (SSSR count). The van der Waals surface area contributed by atoms with E-state index in [0.29, 0.717) is 0 Å². The highest BCUT2D eigenvalue weighted by Gasteiger charge is 2.17. The highest BCUT2D eigenvalue weighted by Crippen LogP contribution is 1.97. The Morgan fingerprint density at radius 1 is 0.727 bits per heavy atom. The summed E-state index contributed by atoms with van der Waals surface area (Å²) in [7, 11) is 13.3. The molecule has 0 radical (unpaired) electrons. The maximum absolute atomic E-state index is 3.00. The van der Waals surface area contributed by atoms with E-state index in [1.807, 2.05) is 0 Å². The number of nitrogens with zero attached hydrogens (tertiary/aromatic N) is 2. The molecule has 68 valence electrons. The monoisotopic (exact) mass is 160 g/mol. The minimum absolute atomic E-state index is 1.03. The Morgan fingerprint density at radius 2 is 0.909 bits per heavy atom. The molecule has 0 aromatic carbocycles. The second-order valence-corrected chi connectivity index (χ2v) is 4.72. The third-order valence-corrected chi connectivity index (χ3v) is 0.849. The molecule has 0 aliphatic rings. The van der Waals surface area contributed by atoms with Crippen molar-refractivity contribution in [2.75, 3.05) is 49.0 Å². The molecule has 0 saturated carbocycles. The van der Waals surface area contributed by atoms with Gasteiger partial charge < -0.3 is 0 Å². The fraction of sp³-hybridized carbons (Fsp3) is 0.778. The van der Waals surface area contributed by atoms with Crippen molar-refractivity contribution in [3.63, 3.8) is 0 Å². The zero-order valence-electron chi connectivity index (χ0n) is 9.02. The third kappa shape index (κ3) is 17.7. The van der Waals surface area contributed by atoms with Crippen LogP contribution in [0, 0.1) is 0 Å². The number of hydrogen-bond donors (Lipinski definition) is 0. The topological polar surface area (TPSA) is 0 Å². The molecule has 0 bridgehead atoms. The van der Waals surface area contributed by atoms with Crippen LogP contribution in [0.4, 0.5) is 0 Å². The minimum atomic E-state index is 1.03. The number of hydrogen-bond acceptors (Lipinski definition) is 0. The molecule has 0 saturated heterocycles. The van der Waals surface area contributed by atoms with Crippen LogP contribution in [0.2, 0.25) is 0 Å². The highest BCUT2D eigenvalue weighted by atomic mass is 15.5. The van der Waals surface area contributed by atoms with Gasteiger partial charge in [0, 0.05) is 0 Å². The van der Waals surface area contributed by atoms with Crippen molar-refractivity contribution >= 4 is 0 Å². The second kappa shape index (κ2) is 4.52. The molecule has 0 spiro atoms. The zero-order valence-corrected chi connectivity index (χ0v) is 9.02. The lowest BCUT2D eigenvalue weighted by molar-refractivity contribution is -1.05. The van der Waals surface area contributed by atoms with Crippen molar-refractivity contribution in [2.45, 2.75) is 0 Å². The third-order valence-electron chi connectivity index (χ3n) is 0.849. The van der Waals surface area contributed by atoms with Gasteiger partial charge in [0.25, 0.3) is 0 Å². The first kappa shape index (κ1) is 13.3. The summed E-state index contributed by atoms with van der Waals surface area (Å²) in [5.41, 5.74) is 0. The van der Waals surface area contributed by atoms with Crippen LogP contribution >= 0.6 is 0 Å². The van der Waals surface area contributed by atoms with E-state index in [2.05, 4.69) is 55.4 Å². The first-order valence-corrected chi connectivity index (χ1v) is 3.82. The van der Waals surface area contributed by atoms with Crippen molar-refractivity contribution in [3.8, 4) is 0 Å². The van der Waals surface area contributed by atoms with E-state index >= 15 is 0 Å². The Bertz CT molecular complexity index is 83.1.